The number of aryl methyl sites for hydroxylation is 3. The van der Waals surface area contributed by atoms with E-state index < -0.39 is 17.7 Å². The molecule has 1 N–H and O–H groups in total. The van der Waals surface area contributed by atoms with Crippen LogP contribution in [0.5, 0.6) is 5.75 Å². The lowest BCUT2D eigenvalue weighted by Gasteiger charge is -2.26. The van der Waals surface area contributed by atoms with E-state index in [2.05, 4.69) is 0 Å². The fraction of sp³-hybridized carbons (Fsp3) is 0.241. The highest BCUT2D eigenvalue weighted by Crippen LogP contribution is 2.43. The summed E-state index contributed by atoms with van der Waals surface area (Å²) < 4.78 is 5.35. The number of carbonyl (C=O) groups excluding carboxylic acids is 2. The zero-order valence-corrected chi connectivity index (χ0v) is 19.4. The van der Waals surface area contributed by atoms with E-state index in [4.69, 9.17) is 4.74 Å². The van der Waals surface area contributed by atoms with Gasteiger partial charge in [0.2, 0.25) is 0 Å². The summed E-state index contributed by atoms with van der Waals surface area (Å²) in [6.07, 6.45) is 4.26. The Morgan fingerprint density at radius 2 is 1.71 bits per heavy atom. The van der Waals surface area contributed by atoms with Gasteiger partial charge in [-0.2, -0.15) is 0 Å². The molecule has 3 aromatic carbocycles. The number of Topliss-reactive ketones (excluding diaryl/α,β-unsaturated/α-hetero) is 1. The Labute approximate surface area is 199 Å². The fourth-order valence-corrected chi connectivity index (χ4v) is 5.05. The Bertz CT molecular complexity index is 1320. The van der Waals surface area contributed by atoms with E-state index >= 15 is 0 Å². The third-order valence-electron chi connectivity index (χ3n) is 6.76. The first-order valence-corrected chi connectivity index (χ1v) is 11.6. The van der Waals surface area contributed by atoms with Crippen LogP contribution in [0.1, 0.15) is 46.7 Å². The van der Waals surface area contributed by atoms with Crippen molar-refractivity contribution in [3.05, 3.63) is 100 Å². The lowest BCUT2D eigenvalue weighted by Crippen LogP contribution is -2.29. The van der Waals surface area contributed by atoms with Gasteiger partial charge in [-0.1, -0.05) is 48.0 Å². The van der Waals surface area contributed by atoms with Crippen LogP contribution in [-0.4, -0.2) is 23.9 Å². The molecule has 2 aliphatic rings. The summed E-state index contributed by atoms with van der Waals surface area (Å²) in [5.74, 6) is -0.912. The van der Waals surface area contributed by atoms with Crippen molar-refractivity contribution in [1.29, 1.82) is 0 Å². The van der Waals surface area contributed by atoms with Gasteiger partial charge in [-0.3, -0.25) is 14.5 Å². The first-order chi connectivity index (χ1) is 16.5. The number of benzene rings is 3. The molecule has 1 amide bonds. The molecule has 0 spiro atoms. The molecule has 34 heavy (non-hydrogen) atoms. The normalized spacial score (nSPS) is 19.2. The number of aliphatic hydroxyl groups excluding tert-OH is 1. The average Bonchev–Trinajstić information content (AvgIpc) is 3.13. The Hall–Kier alpha value is -3.86. The number of nitrogens with zero attached hydrogens (tertiary/aromatic N) is 1. The molecular formula is C29H27NO4. The summed E-state index contributed by atoms with van der Waals surface area (Å²) >= 11 is 0. The topological polar surface area (TPSA) is 66.8 Å². The van der Waals surface area contributed by atoms with Crippen LogP contribution in [0, 0.1) is 6.92 Å². The number of ketones is 1. The summed E-state index contributed by atoms with van der Waals surface area (Å²) in [7, 11) is 1.56. The smallest absolute Gasteiger partial charge is 0.300 e. The highest BCUT2D eigenvalue weighted by Gasteiger charge is 2.47. The lowest BCUT2D eigenvalue weighted by atomic mass is 9.88. The van der Waals surface area contributed by atoms with Crippen molar-refractivity contribution < 1.29 is 19.4 Å². The zero-order chi connectivity index (χ0) is 23.8. The molecular weight excluding hydrogens is 426 g/mol. The van der Waals surface area contributed by atoms with Gasteiger partial charge < -0.3 is 9.84 Å². The number of amides is 1. The largest absolute Gasteiger partial charge is 0.507 e. The maximum absolute atomic E-state index is 13.4. The Morgan fingerprint density at radius 1 is 0.941 bits per heavy atom. The van der Waals surface area contributed by atoms with Crippen molar-refractivity contribution in [3.8, 4) is 5.75 Å². The van der Waals surface area contributed by atoms with Crippen molar-refractivity contribution in [3.63, 3.8) is 0 Å². The number of aliphatic hydroxyl groups is 1. The minimum Gasteiger partial charge on any atom is -0.507 e. The predicted molar refractivity (Wildman–Crippen MR) is 132 cm³/mol. The lowest BCUT2D eigenvalue weighted by molar-refractivity contribution is -0.132. The number of fused-ring (bicyclic) bond motifs is 1. The van der Waals surface area contributed by atoms with E-state index in [0.29, 0.717) is 17.0 Å². The first-order valence-electron chi connectivity index (χ1n) is 11.6. The van der Waals surface area contributed by atoms with Gasteiger partial charge in [0.25, 0.3) is 11.7 Å². The van der Waals surface area contributed by atoms with Crippen molar-refractivity contribution in [2.24, 2.45) is 0 Å². The molecule has 1 fully saturated rings. The molecule has 1 saturated heterocycles. The number of rotatable bonds is 4. The van der Waals surface area contributed by atoms with E-state index in [1.54, 1.807) is 31.4 Å². The van der Waals surface area contributed by atoms with Crippen LogP contribution in [0.4, 0.5) is 5.69 Å². The maximum Gasteiger partial charge on any atom is 0.300 e. The van der Waals surface area contributed by atoms with Gasteiger partial charge in [-0.15, -0.1) is 0 Å². The molecule has 1 aliphatic carbocycles. The second kappa shape index (κ2) is 8.82. The number of ether oxygens (including phenoxy) is 1. The SMILES string of the molecule is COc1cccc(N2C(=O)C(=O)/C(=C(\O)c3ccc4c(c3)CCCC4)C2c2cccc(C)c2)c1. The van der Waals surface area contributed by atoms with Crippen LogP contribution in [0.25, 0.3) is 5.76 Å². The van der Waals surface area contributed by atoms with E-state index in [9.17, 15) is 14.7 Å². The van der Waals surface area contributed by atoms with Crippen LogP contribution in [0.2, 0.25) is 0 Å². The molecule has 5 rings (SSSR count). The van der Waals surface area contributed by atoms with E-state index in [1.807, 2.05) is 49.4 Å². The fourth-order valence-electron chi connectivity index (χ4n) is 5.05. The van der Waals surface area contributed by atoms with Crippen molar-refractivity contribution >= 4 is 23.1 Å². The molecule has 172 valence electrons. The Balaban J connectivity index is 1.70. The van der Waals surface area contributed by atoms with E-state index in [1.165, 1.54) is 16.0 Å². The summed E-state index contributed by atoms with van der Waals surface area (Å²) in [5, 5.41) is 11.4. The maximum atomic E-state index is 13.4. The van der Waals surface area contributed by atoms with Crippen molar-refractivity contribution in [2.45, 2.75) is 38.6 Å². The highest BCUT2D eigenvalue weighted by atomic mass is 16.5. The molecule has 1 aliphatic heterocycles. The van der Waals surface area contributed by atoms with Gasteiger partial charge in [-0.05, 0) is 67.5 Å². The molecule has 3 aromatic rings. The first kappa shape index (κ1) is 22.0. The van der Waals surface area contributed by atoms with E-state index in [-0.39, 0.29) is 11.3 Å². The number of hydrogen-bond donors (Lipinski definition) is 1. The van der Waals surface area contributed by atoms with Crippen LogP contribution in [0.3, 0.4) is 0 Å². The van der Waals surface area contributed by atoms with Gasteiger partial charge in [-0.25, -0.2) is 0 Å². The number of carbonyl (C=O) groups is 2. The number of methoxy groups -OCH3 is 1. The zero-order valence-electron chi connectivity index (χ0n) is 19.4. The third-order valence-corrected chi connectivity index (χ3v) is 6.76. The number of hydrogen-bond acceptors (Lipinski definition) is 4. The molecule has 0 saturated carbocycles. The summed E-state index contributed by atoms with van der Waals surface area (Å²) in [6, 6.07) is 19.9. The molecule has 1 unspecified atom stereocenters. The van der Waals surface area contributed by atoms with Crippen molar-refractivity contribution in [2.75, 3.05) is 12.0 Å². The second-order valence-corrected chi connectivity index (χ2v) is 8.98. The van der Waals surface area contributed by atoms with Gasteiger partial charge in [0, 0.05) is 17.3 Å². The van der Waals surface area contributed by atoms with Crippen LogP contribution in [0.15, 0.2) is 72.3 Å². The van der Waals surface area contributed by atoms with Crippen molar-refractivity contribution in [1.82, 2.24) is 0 Å². The molecule has 1 atom stereocenters. The minimum absolute atomic E-state index is 0.106. The third kappa shape index (κ3) is 3.77. The summed E-state index contributed by atoms with van der Waals surface area (Å²) in [6.45, 7) is 1.96. The van der Waals surface area contributed by atoms with Gasteiger partial charge >= 0.3 is 0 Å². The molecule has 0 radical (unpaired) electrons. The number of anilines is 1. The Kier molecular flexibility index (Phi) is 5.70. The molecule has 1 heterocycles. The standard InChI is InChI=1S/C29H27NO4/c1-18-7-5-10-21(15-18)26-25(27(31)22-14-13-19-8-3-4-9-20(19)16-22)28(32)29(33)30(26)23-11-6-12-24(17-23)34-2/h5-7,10-17,26,31H,3-4,8-9H2,1-2H3/b27-25-. The van der Waals surface area contributed by atoms with Gasteiger partial charge in [0.05, 0.1) is 18.7 Å². The van der Waals surface area contributed by atoms with Gasteiger partial charge in [0.15, 0.2) is 0 Å². The molecule has 5 nitrogen and oxygen atoms in total. The molecule has 5 heteroatoms. The monoisotopic (exact) mass is 453 g/mol. The van der Waals surface area contributed by atoms with Gasteiger partial charge in [0.1, 0.15) is 11.5 Å². The second-order valence-electron chi connectivity index (χ2n) is 8.98. The average molecular weight is 454 g/mol. The summed E-state index contributed by atoms with van der Waals surface area (Å²) in [4.78, 5) is 28.2. The van der Waals surface area contributed by atoms with E-state index in [0.717, 1.165) is 36.8 Å². The quantitative estimate of drug-likeness (QED) is 0.321. The van der Waals surface area contributed by atoms with Crippen LogP contribution in [-0.2, 0) is 22.4 Å². The minimum atomic E-state index is -0.747. The van der Waals surface area contributed by atoms with Crippen LogP contribution >= 0.6 is 0 Å². The predicted octanol–water partition coefficient (Wildman–Crippen LogP) is 5.51. The van der Waals surface area contributed by atoms with Crippen LogP contribution < -0.4 is 9.64 Å². The summed E-state index contributed by atoms with van der Waals surface area (Å²) in [5.41, 5.74) is 5.47. The molecule has 0 bridgehead atoms. The Morgan fingerprint density at radius 3 is 2.47 bits per heavy atom. The molecule has 0 aromatic heterocycles. The highest BCUT2D eigenvalue weighted by molar-refractivity contribution is 6.51.